The number of carbonyl (C=O) groups is 1. The van der Waals surface area contributed by atoms with Crippen molar-refractivity contribution in [2.75, 3.05) is 32.6 Å². The van der Waals surface area contributed by atoms with E-state index in [0.717, 1.165) is 5.56 Å². The Balaban J connectivity index is 2.93. The summed E-state index contributed by atoms with van der Waals surface area (Å²) in [7, 11) is 5.40. The average molecular weight is 240 g/mol. The van der Waals surface area contributed by atoms with Crippen molar-refractivity contribution in [1.29, 1.82) is 0 Å². The highest BCUT2D eigenvalue weighted by molar-refractivity contribution is 5.73. The molecular formula is C12H17FN2O2. The van der Waals surface area contributed by atoms with Gasteiger partial charge in [0.25, 0.3) is 0 Å². The molecule has 0 spiro atoms. The van der Waals surface area contributed by atoms with Gasteiger partial charge in [-0.2, -0.15) is 0 Å². The number of aliphatic carboxylic acids is 1. The topological polar surface area (TPSA) is 43.8 Å². The maximum absolute atomic E-state index is 13.6. The van der Waals surface area contributed by atoms with Crippen molar-refractivity contribution in [2.24, 2.45) is 0 Å². The van der Waals surface area contributed by atoms with Crippen LogP contribution in [-0.2, 0) is 11.3 Å². The Morgan fingerprint density at radius 2 is 2.00 bits per heavy atom. The maximum Gasteiger partial charge on any atom is 0.323 e. The van der Waals surface area contributed by atoms with Crippen molar-refractivity contribution in [2.45, 2.75) is 6.54 Å². The summed E-state index contributed by atoms with van der Waals surface area (Å²) in [5.41, 5.74) is 1.26. The summed E-state index contributed by atoms with van der Waals surface area (Å²) in [4.78, 5) is 13.9. The highest BCUT2D eigenvalue weighted by Gasteiger charge is 2.11. The molecule has 0 heterocycles. The van der Waals surface area contributed by atoms with Gasteiger partial charge in [-0.1, -0.05) is 6.07 Å². The van der Waals surface area contributed by atoms with Crippen LogP contribution in [0.1, 0.15) is 5.56 Å². The van der Waals surface area contributed by atoms with Crippen molar-refractivity contribution in [3.05, 3.63) is 29.6 Å². The van der Waals surface area contributed by atoms with Crippen LogP contribution in [0.15, 0.2) is 18.2 Å². The number of nitrogens with zero attached hydrogens (tertiary/aromatic N) is 2. The Kier molecular flexibility index (Phi) is 4.45. The zero-order chi connectivity index (χ0) is 13.0. The highest BCUT2D eigenvalue weighted by Crippen LogP contribution is 2.20. The number of hydrogen-bond donors (Lipinski definition) is 1. The fraction of sp³-hybridized carbons (Fsp3) is 0.417. The van der Waals surface area contributed by atoms with Gasteiger partial charge in [0.1, 0.15) is 12.4 Å². The van der Waals surface area contributed by atoms with Crippen LogP contribution in [-0.4, -0.2) is 43.7 Å². The molecule has 0 aliphatic rings. The molecule has 0 radical (unpaired) electrons. The standard InChI is InChI=1S/C12H17FN2O2/c1-14(2)7-9-4-5-10(13)11(6-9)15(3)8-12(16)17/h4-6H,7-8H2,1-3H3,(H,16,17). The number of benzene rings is 1. The molecule has 0 amide bonds. The monoisotopic (exact) mass is 240 g/mol. The molecule has 17 heavy (non-hydrogen) atoms. The predicted octanol–water partition coefficient (Wildman–Crippen LogP) is 1.41. The lowest BCUT2D eigenvalue weighted by Gasteiger charge is -2.19. The average Bonchev–Trinajstić information content (AvgIpc) is 2.19. The first-order valence-electron chi connectivity index (χ1n) is 5.26. The molecule has 1 N–H and O–H groups in total. The Labute approximate surface area is 100 Å². The van der Waals surface area contributed by atoms with E-state index in [0.29, 0.717) is 12.2 Å². The van der Waals surface area contributed by atoms with Crippen molar-refractivity contribution in [3.63, 3.8) is 0 Å². The van der Waals surface area contributed by atoms with E-state index in [1.807, 2.05) is 19.0 Å². The summed E-state index contributed by atoms with van der Waals surface area (Å²) in [6, 6.07) is 4.75. The van der Waals surface area contributed by atoms with Gasteiger partial charge in [0.05, 0.1) is 5.69 Å². The third-order valence-electron chi connectivity index (χ3n) is 2.29. The normalized spacial score (nSPS) is 10.6. The number of likely N-dealkylation sites (N-methyl/N-ethyl adjacent to an activating group) is 1. The van der Waals surface area contributed by atoms with Gasteiger partial charge in [-0.15, -0.1) is 0 Å². The summed E-state index contributed by atoms with van der Waals surface area (Å²) in [6.45, 7) is 0.469. The molecule has 0 fully saturated rings. The second-order valence-electron chi connectivity index (χ2n) is 4.27. The van der Waals surface area contributed by atoms with Crippen molar-refractivity contribution in [3.8, 4) is 0 Å². The van der Waals surface area contributed by atoms with E-state index in [9.17, 15) is 9.18 Å². The first-order valence-corrected chi connectivity index (χ1v) is 5.26. The molecule has 94 valence electrons. The minimum Gasteiger partial charge on any atom is -0.480 e. The quantitative estimate of drug-likeness (QED) is 0.845. The van der Waals surface area contributed by atoms with Crippen LogP contribution in [0, 0.1) is 5.82 Å². The first kappa shape index (κ1) is 13.4. The van der Waals surface area contributed by atoms with Crippen LogP contribution in [0.25, 0.3) is 0 Å². The smallest absolute Gasteiger partial charge is 0.323 e. The van der Waals surface area contributed by atoms with Crippen molar-refractivity contribution >= 4 is 11.7 Å². The second-order valence-corrected chi connectivity index (χ2v) is 4.27. The molecule has 5 heteroatoms. The van der Waals surface area contributed by atoms with Crippen LogP contribution < -0.4 is 4.90 Å². The minimum absolute atomic E-state index is 0.220. The molecular weight excluding hydrogens is 223 g/mol. The first-order chi connectivity index (χ1) is 7.90. The number of halogens is 1. The SMILES string of the molecule is CN(C)Cc1ccc(F)c(N(C)CC(=O)O)c1. The molecule has 0 saturated carbocycles. The minimum atomic E-state index is -0.982. The fourth-order valence-electron chi connectivity index (χ4n) is 1.60. The molecule has 0 aliphatic carbocycles. The molecule has 0 aliphatic heterocycles. The Bertz CT molecular complexity index is 407. The molecule has 0 saturated heterocycles. The van der Waals surface area contributed by atoms with Gasteiger partial charge in [-0.05, 0) is 31.8 Å². The van der Waals surface area contributed by atoms with E-state index in [4.69, 9.17) is 5.11 Å². The van der Waals surface area contributed by atoms with E-state index < -0.39 is 11.8 Å². The molecule has 0 unspecified atom stereocenters. The lowest BCUT2D eigenvalue weighted by atomic mass is 10.1. The van der Waals surface area contributed by atoms with Crippen LogP contribution in [0.4, 0.5) is 10.1 Å². The van der Waals surface area contributed by atoms with Crippen molar-refractivity contribution in [1.82, 2.24) is 4.90 Å². The summed E-state index contributed by atoms with van der Waals surface area (Å²) >= 11 is 0. The van der Waals surface area contributed by atoms with Crippen LogP contribution in [0.2, 0.25) is 0 Å². The Morgan fingerprint density at radius 3 is 2.53 bits per heavy atom. The Morgan fingerprint density at radius 1 is 1.35 bits per heavy atom. The zero-order valence-corrected chi connectivity index (χ0v) is 10.3. The summed E-state index contributed by atoms with van der Waals surface area (Å²) in [5.74, 6) is -1.39. The Hall–Kier alpha value is -1.62. The van der Waals surface area contributed by atoms with E-state index in [-0.39, 0.29) is 6.54 Å². The largest absolute Gasteiger partial charge is 0.480 e. The maximum atomic E-state index is 13.6. The van der Waals surface area contributed by atoms with Gasteiger partial charge < -0.3 is 14.9 Å². The van der Waals surface area contributed by atoms with Crippen LogP contribution in [0.5, 0.6) is 0 Å². The van der Waals surface area contributed by atoms with Gasteiger partial charge in [-0.3, -0.25) is 4.79 Å². The molecule has 1 aromatic rings. The van der Waals surface area contributed by atoms with E-state index in [1.165, 1.54) is 11.0 Å². The lowest BCUT2D eigenvalue weighted by molar-refractivity contribution is -0.135. The third-order valence-corrected chi connectivity index (χ3v) is 2.29. The summed E-state index contributed by atoms with van der Waals surface area (Å²) in [5, 5.41) is 8.68. The van der Waals surface area contributed by atoms with E-state index in [1.54, 1.807) is 19.2 Å². The van der Waals surface area contributed by atoms with Crippen LogP contribution >= 0.6 is 0 Å². The molecule has 1 aromatic carbocycles. The highest BCUT2D eigenvalue weighted by atomic mass is 19.1. The van der Waals surface area contributed by atoms with Gasteiger partial charge in [0.2, 0.25) is 0 Å². The molecule has 4 nitrogen and oxygen atoms in total. The van der Waals surface area contributed by atoms with E-state index >= 15 is 0 Å². The van der Waals surface area contributed by atoms with Crippen molar-refractivity contribution < 1.29 is 14.3 Å². The number of rotatable bonds is 5. The predicted molar refractivity (Wildman–Crippen MR) is 64.7 cm³/mol. The second kappa shape index (κ2) is 5.63. The molecule has 0 atom stereocenters. The summed E-state index contributed by atoms with van der Waals surface area (Å²) < 4.78 is 13.6. The van der Waals surface area contributed by atoms with E-state index in [2.05, 4.69) is 0 Å². The van der Waals surface area contributed by atoms with Crippen LogP contribution in [0.3, 0.4) is 0 Å². The number of hydrogen-bond acceptors (Lipinski definition) is 3. The lowest BCUT2D eigenvalue weighted by Crippen LogP contribution is -2.26. The molecule has 0 aromatic heterocycles. The third kappa shape index (κ3) is 4.03. The summed E-state index contributed by atoms with van der Waals surface area (Å²) in [6.07, 6.45) is 0. The number of carboxylic acid groups (broad SMARTS) is 1. The van der Waals surface area contributed by atoms with Gasteiger partial charge in [0, 0.05) is 13.6 Å². The fourth-order valence-corrected chi connectivity index (χ4v) is 1.60. The van der Waals surface area contributed by atoms with Gasteiger partial charge in [0.15, 0.2) is 0 Å². The molecule has 1 rings (SSSR count). The zero-order valence-electron chi connectivity index (χ0n) is 10.3. The molecule has 0 bridgehead atoms. The van der Waals surface area contributed by atoms with Gasteiger partial charge >= 0.3 is 5.97 Å². The van der Waals surface area contributed by atoms with Gasteiger partial charge in [-0.25, -0.2) is 4.39 Å². The number of carboxylic acids is 1. The number of anilines is 1.